The number of carbonyl (C=O) groups is 1. The van der Waals surface area contributed by atoms with E-state index in [1.54, 1.807) is 0 Å². The molecule has 1 aliphatic rings. The Bertz CT molecular complexity index is 953. The summed E-state index contributed by atoms with van der Waals surface area (Å²) in [5.74, 6) is 0.794. The fourth-order valence-corrected chi connectivity index (χ4v) is 4.03. The number of piperidine rings is 1. The number of H-pyrrole nitrogens is 1. The highest BCUT2D eigenvalue weighted by Crippen LogP contribution is 2.31. The molecule has 1 atom stereocenters. The number of carbonyl (C=O) groups excluding carboxylic acids is 1. The van der Waals surface area contributed by atoms with E-state index in [0.717, 1.165) is 47.9 Å². The first-order chi connectivity index (χ1) is 12.6. The lowest BCUT2D eigenvalue weighted by atomic mass is 9.91. The van der Waals surface area contributed by atoms with Crippen molar-refractivity contribution in [1.29, 1.82) is 0 Å². The number of benzene rings is 1. The van der Waals surface area contributed by atoms with Gasteiger partial charge in [0.15, 0.2) is 5.76 Å². The molecule has 3 heterocycles. The maximum Gasteiger partial charge on any atom is 0.289 e. The number of likely N-dealkylation sites (tertiary alicyclic amines) is 1. The summed E-state index contributed by atoms with van der Waals surface area (Å²) < 4.78 is 5.95. The Morgan fingerprint density at radius 1 is 1.38 bits per heavy atom. The molecule has 4 rings (SSSR count). The van der Waals surface area contributed by atoms with Gasteiger partial charge in [0.05, 0.1) is 6.20 Å². The van der Waals surface area contributed by atoms with Gasteiger partial charge in [-0.05, 0) is 50.3 Å². The van der Waals surface area contributed by atoms with E-state index in [9.17, 15) is 4.79 Å². The zero-order valence-electron chi connectivity index (χ0n) is 15.6. The number of aryl methyl sites for hydroxylation is 3. The summed E-state index contributed by atoms with van der Waals surface area (Å²) in [5.41, 5.74) is 5.29. The van der Waals surface area contributed by atoms with Crippen LogP contribution in [-0.2, 0) is 6.42 Å². The highest BCUT2D eigenvalue weighted by atomic mass is 16.3. The third kappa shape index (κ3) is 2.81. The number of nitrogens with zero attached hydrogens (tertiary/aromatic N) is 2. The Balaban J connectivity index is 1.61. The summed E-state index contributed by atoms with van der Waals surface area (Å²) in [6.45, 7) is 7.63. The smallest absolute Gasteiger partial charge is 0.289 e. The molecule has 1 unspecified atom stereocenters. The molecule has 0 aliphatic carbocycles. The van der Waals surface area contributed by atoms with Gasteiger partial charge < -0.3 is 9.32 Å². The van der Waals surface area contributed by atoms with Gasteiger partial charge in [-0.1, -0.05) is 19.1 Å². The predicted molar refractivity (Wildman–Crippen MR) is 102 cm³/mol. The molecule has 0 radical (unpaired) electrons. The van der Waals surface area contributed by atoms with Crippen molar-refractivity contribution < 1.29 is 9.21 Å². The van der Waals surface area contributed by atoms with Crippen LogP contribution < -0.4 is 0 Å². The number of rotatable bonds is 3. The second-order valence-electron chi connectivity index (χ2n) is 7.31. The molecule has 2 aromatic heterocycles. The van der Waals surface area contributed by atoms with Crippen molar-refractivity contribution in [2.45, 2.75) is 46.0 Å². The molecule has 1 aromatic carbocycles. The highest BCUT2D eigenvalue weighted by molar-refractivity contribution is 5.99. The van der Waals surface area contributed by atoms with Crippen LogP contribution in [0.1, 0.15) is 58.6 Å². The fourth-order valence-electron chi connectivity index (χ4n) is 4.03. The summed E-state index contributed by atoms with van der Waals surface area (Å²) >= 11 is 0. The average Bonchev–Trinajstić information content (AvgIpc) is 3.25. The number of nitrogens with one attached hydrogen (secondary N) is 1. The highest BCUT2D eigenvalue weighted by Gasteiger charge is 2.30. The molecule has 1 N–H and O–H groups in total. The van der Waals surface area contributed by atoms with Gasteiger partial charge in [0.25, 0.3) is 5.91 Å². The van der Waals surface area contributed by atoms with E-state index in [-0.39, 0.29) is 5.91 Å². The zero-order valence-corrected chi connectivity index (χ0v) is 15.6. The largest absolute Gasteiger partial charge is 0.451 e. The summed E-state index contributed by atoms with van der Waals surface area (Å²) in [4.78, 5) is 15.1. The van der Waals surface area contributed by atoms with Crippen LogP contribution in [0, 0.1) is 13.8 Å². The van der Waals surface area contributed by atoms with E-state index in [2.05, 4.69) is 23.2 Å². The first kappa shape index (κ1) is 16.9. The average molecular weight is 351 g/mol. The topological polar surface area (TPSA) is 62.1 Å². The van der Waals surface area contributed by atoms with Gasteiger partial charge in [-0.3, -0.25) is 9.89 Å². The number of furan rings is 1. The zero-order chi connectivity index (χ0) is 18.3. The van der Waals surface area contributed by atoms with E-state index < -0.39 is 0 Å². The lowest BCUT2D eigenvalue weighted by Gasteiger charge is -2.32. The second-order valence-corrected chi connectivity index (χ2v) is 7.31. The van der Waals surface area contributed by atoms with Crippen LogP contribution in [0.15, 0.2) is 28.8 Å². The van der Waals surface area contributed by atoms with Crippen LogP contribution in [-0.4, -0.2) is 34.1 Å². The predicted octanol–water partition coefficient (Wildman–Crippen LogP) is 4.35. The van der Waals surface area contributed by atoms with E-state index in [1.165, 1.54) is 11.3 Å². The maximum absolute atomic E-state index is 13.2. The molecule has 0 bridgehead atoms. The van der Waals surface area contributed by atoms with Crippen LogP contribution in [0.3, 0.4) is 0 Å². The number of fused-ring (bicyclic) bond motifs is 1. The fraction of sp³-hybridized carbons (Fsp3) is 0.429. The van der Waals surface area contributed by atoms with Gasteiger partial charge in [0.2, 0.25) is 0 Å². The van der Waals surface area contributed by atoms with Crippen LogP contribution in [0.5, 0.6) is 0 Å². The monoisotopic (exact) mass is 351 g/mol. The quantitative estimate of drug-likeness (QED) is 0.763. The number of hydrogen-bond donors (Lipinski definition) is 1. The molecule has 26 heavy (non-hydrogen) atoms. The Morgan fingerprint density at radius 3 is 3.04 bits per heavy atom. The van der Waals surface area contributed by atoms with Gasteiger partial charge in [-0.2, -0.15) is 5.10 Å². The van der Waals surface area contributed by atoms with Crippen LogP contribution >= 0.6 is 0 Å². The number of amides is 1. The molecule has 0 saturated carbocycles. The molecular formula is C21H25N3O2. The van der Waals surface area contributed by atoms with E-state index in [0.29, 0.717) is 18.2 Å². The Labute approximate surface area is 153 Å². The van der Waals surface area contributed by atoms with Crippen molar-refractivity contribution in [2.75, 3.05) is 13.1 Å². The third-order valence-corrected chi connectivity index (χ3v) is 5.54. The van der Waals surface area contributed by atoms with Crippen molar-refractivity contribution in [2.24, 2.45) is 0 Å². The van der Waals surface area contributed by atoms with Crippen LogP contribution in [0.2, 0.25) is 0 Å². The molecule has 0 spiro atoms. The number of aromatic nitrogens is 2. The van der Waals surface area contributed by atoms with Crippen molar-refractivity contribution in [3.63, 3.8) is 0 Å². The van der Waals surface area contributed by atoms with E-state index in [1.807, 2.05) is 37.1 Å². The standard InChI is InChI=1S/C21H25N3O2/c1-4-15-11-22-23-19(15)16-6-5-9-24(12-16)21(25)20-14(3)17-8-7-13(2)10-18(17)26-20/h7-8,10-11,16H,4-6,9,12H2,1-3H3,(H,22,23). The molecule has 1 fully saturated rings. The first-order valence-corrected chi connectivity index (χ1v) is 9.39. The van der Waals surface area contributed by atoms with Crippen LogP contribution in [0.4, 0.5) is 0 Å². The normalized spacial score (nSPS) is 17.8. The van der Waals surface area contributed by atoms with Crippen molar-refractivity contribution in [3.8, 4) is 0 Å². The first-order valence-electron chi connectivity index (χ1n) is 9.39. The van der Waals surface area contributed by atoms with Gasteiger partial charge in [0.1, 0.15) is 5.58 Å². The van der Waals surface area contributed by atoms with Gasteiger partial charge >= 0.3 is 0 Å². The molecule has 136 valence electrons. The third-order valence-electron chi connectivity index (χ3n) is 5.54. The Morgan fingerprint density at radius 2 is 2.23 bits per heavy atom. The summed E-state index contributed by atoms with van der Waals surface area (Å²) in [5, 5.41) is 8.38. The molecule has 3 aromatic rings. The lowest BCUT2D eigenvalue weighted by molar-refractivity contribution is 0.0674. The molecule has 5 nitrogen and oxygen atoms in total. The summed E-state index contributed by atoms with van der Waals surface area (Å²) in [6.07, 6.45) is 4.94. The van der Waals surface area contributed by atoms with Crippen molar-refractivity contribution in [1.82, 2.24) is 15.1 Å². The van der Waals surface area contributed by atoms with E-state index >= 15 is 0 Å². The Kier molecular flexibility index (Phi) is 4.31. The molecule has 5 heteroatoms. The minimum absolute atomic E-state index is 0.00128. The Hall–Kier alpha value is -2.56. The molecular weight excluding hydrogens is 326 g/mol. The van der Waals surface area contributed by atoms with Crippen molar-refractivity contribution >= 4 is 16.9 Å². The molecule has 1 saturated heterocycles. The van der Waals surface area contributed by atoms with E-state index in [4.69, 9.17) is 4.42 Å². The summed E-state index contributed by atoms with van der Waals surface area (Å²) in [7, 11) is 0. The van der Waals surface area contributed by atoms with Crippen LogP contribution in [0.25, 0.3) is 11.0 Å². The number of aromatic amines is 1. The van der Waals surface area contributed by atoms with Gasteiger partial charge in [0, 0.05) is 35.7 Å². The minimum Gasteiger partial charge on any atom is -0.451 e. The molecule has 1 aliphatic heterocycles. The summed E-state index contributed by atoms with van der Waals surface area (Å²) in [6, 6.07) is 6.09. The lowest BCUT2D eigenvalue weighted by Crippen LogP contribution is -2.39. The van der Waals surface area contributed by atoms with Crippen molar-refractivity contribution in [3.05, 3.63) is 52.5 Å². The molecule has 1 amide bonds. The minimum atomic E-state index is -0.00128. The van der Waals surface area contributed by atoms with Gasteiger partial charge in [-0.15, -0.1) is 0 Å². The SMILES string of the molecule is CCc1cn[nH]c1C1CCCN(C(=O)c2oc3cc(C)ccc3c2C)C1. The van der Waals surface area contributed by atoms with Gasteiger partial charge in [-0.25, -0.2) is 0 Å². The maximum atomic E-state index is 13.2. The number of hydrogen-bond acceptors (Lipinski definition) is 3. The second kappa shape index (κ2) is 6.63.